The van der Waals surface area contributed by atoms with Gasteiger partial charge in [-0.05, 0) is 31.2 Å². The van der Waals surface area contributed by atoms with Crippen LogP contribution in [-0.2, 0) is 4.79 Å². The zero-order valence-corrected chi connectivity index (χ0v) is 11.1. The van der Waals surface area contributed by atoms with Crippen LogP contribution < -0.4 is 10.5 Å². The standard InChI is InChI=1S/C16H15NO3/c1-11(18)16(15(19)12-5-3-2-4-6-12)20-14-9-7-13(17)8-10-14/h2-10,16H,17H2,1H3. The highest BCUT2D eigenvalue weighted by Gasteiger charge is 2.26. The molecule has 0 bridgehead atoms. The van der Waals surface area contributed by atoms with Crippen molar-refractivity contribution in [3.63, 3.8) is 0 Å². The summed E-state index contributed by atoms with van der Waals surface area (Å²) in [6.07, 6.45) is -1.14. The van der Waals surface area contributed by atoms with Gasteiger partial charge in [0, 0.05) is 11.3 Å². The van der Waals surface area contributed by atoms with Crippen LogP contribution in [-0.4, -0.2) is 17.7 Å². The Morgan fingerprint density at radius 2 is 1.60 bits per heavy atom. The summed E-state index contributed by atoms with van der Waals surface area (Å²) in [4.78, 5) is 23.9. The van der Waals surface area contributed by atoms with Gasteiger partial charge in [-0.2, -0.15) is 0 Å². The quantitative estimate of drug-likeness (QED) is 0.514. The maximum atomic E-state index is 12.3. The minimum absolute atomic E-state index is 0.337. The predicted octanol–water partition coefficient (Wildman–Crippen LogP) is 2.49. The van der Waals surface area contributed by atoms with E-state index in [1.54, 1.807) is 54.6 Å². The van der Waals surface area contributed by atoms with Gasteiger partial charge in [-0.3, -0.25) is 9.59 Å². The van der Waals surface area contributed by atoms with Crippen LogP contribution >= 0.6 is 0 Å². The summed E-state index contributed by atoms with van der Waals surface area (Å²) in [7, 11) is 0. The lowest BCUT2D eigenvalue weighted by atomic mass is 10.0. The molecule has 1 unspecified atom stereocenters. The zero-order valence-electron chi connectivity index (χ0n) is 11.1. The Labute approximate surface area is 117 Å². The second-order valence-corrected chi connectivity index (χ2v) is 4.41. The van der Waals surface area contributed by atoms with Crippen molar-refractivity contribution in [3.05, 3.63) is 60.2 Å². The van der Waals surface area contributed by atoms with E-state index in [0.717, 1.165) is 0 Å². The summed E-state index contributed by atoms with van der Waals surface area (Å²) < 4.78 is 5.49. The van der Waals surface area contributed by atoms with Crippen molar-refractivity contribution in [2.75, 3.05) is 5.73 Å². The van der Waals surface area contributed by atoms with E-state index >= 15 is 0 Å². The Balaban J connectivity index is 2.21. The van der Waals surface area contributed by atoms with Crippen LogP contribution in [0.15, 0.2) is 54.6 Å². The third-order valence-electron chi connectivity index (χ3n) is 2.80. The molecule has 1 atom stereocenters. The van der Waals surface area contributed by atoms with Gasteiger partial charge in [0.25, 0.3) is 0 Å². The van der Waals surface area contributed by atoms with Gasteiger partial charge in [0.2, 0.25) is 11.9 Å². The fourth-order valence-corrected chi connectivity index (χ4v) is 1.76. The van der Waals surface area contributed by atoms with Crippen LogP contribution in [0.3, 0.4) is 0 Å². The number of rotatable bonds is 5. The maximum absolute atomic E-state index is 12.3. The lowest BCUT2D eigenvalue weighted by Crippen LogP contribution is -2.34. The molecule has 0 amide bonds. The average molecular weight is 269 g/mol. The lowest BCUT2D eigenvalue weighted by molar-refractivity contribution is -0.121. The molecular formula is C16H15NO3. The summed E-state index contributed by atoms with van der Waals surface area (Å²) in [5.41, 5.74) is 6.62. The Morgan fingerprint density at radius 1 is 1.00 bits per heavy atom. The van der Waals surface area contributed by atoms with Crippen molar-refractivity contribution in [2.45, 2.75) is 13.0 Å². The number of carbonyl (C=O) groups excluding carboxylic acids is 2. The summed E-state index contributed by atoms with van der Waals surface area (Å²) in [6.45, 7) is 1.34. The first-order valence-corrected chi connectivity index (χ1v) is 6.20. The van der Waals surface area contributed by atoms with Crippen LogP contribution in [0.5, 0.6) is 5.75 Å². The molecule has 20 heavy (non-hydrogen) atoms. The normalized spacial score (nSPS) is 11.7. The molecule has 2 aromatic carbocycles. The molecule has 4 heteroatoms. The van der Waals surface area contributed by atoms with Gasteiger partial charge in [-0.15, -0.1) is 0 Å². The van der Waals surface area contributed by atoms with Gasteiger partial charge < -0.3 is 10.5 Å². The van der Waals surface area contributed by atoms with Gasteiger partial charge in [0.1, 0.15) is 5.75 Å². The van der Waals surface area contributed by atoms with Gasteiger partial charge in [-0.1, -0.05) is 30.3 Å². The van der Waals surface area contributed by atoms with Crippen LogP contribution in [0.2, 0.25) is 0 Å². The molecule has 0 aromatic heterocycles. The minimum Gasteiger partial charge on any atom is -0.474 e. The average Bonchev–Trinajstić information content (AvgIpc) is 2.46. The number of ether oxygens (including phenoxy) is 1. The molecule has 2 N–H and O–H groups in total. The van der Waals surface area contributed by atoms with E-state index in [0.29, 0.717) is 17.0 Å². The predicted molar refractivity (Wildman–Crippen MR) is 76.7 cm³/mol. The van der Waals surface area contributed by atoms with E-state index < -0.39 is 6.10 Å². The van der Waals surface area contributed by atoms with Crippen LogP contribution in [0.4, 0.5) is 5.69 Å². The fraction of sp³-hybridized carbons (Fsp3) is 0.125. The Bertz CT molecular complexity index is 605. The Morgan fingerprint density at radius 3 is 2.15 bits per heavy atom. The smallest absolute Gasteiger partial charge is 0.218 e. The second-order valence-electron chi connectivity index (χ2n) is 4.41. The van der Waals surface area contributed by atoms with Crippen molar-refractivity contribution in [1.82, 2.24) is 0 Å². The van der Waals surface area contributed by atoms with E-state index in [4.69, 9.17) is 10.5 Å². The van der Waals surface area contributed by atoms with E-state index in [-0.39, 0.29) is 11.6 Å². The number of carbonyl (C=O) groups is 2. The van der Waals surface area contributed by atoms with Crippen molar-refractivity contribution < 1.29 is 14.3 Å². The molecule has 0 aliphatic carbocycles. The third kappa shape index (κ3) is 3.23. The fourth-order valence-electron chi connectivity index (χ4n) is 1.76. The molecule has 0 spiro atoms. The number of benzene rings is 2. The number of nitrogens with two attached hydrogens (primary N) is 1. The number of hydrogen-bond acceptors (Lipinski definition) is 4. The van der Waals surface area contributed by atoms with Crippen molar-refractivity contribution in [1.29, 1.82) is 0 Å². The first-order chi connectivity index (χ1) is 9.58. The Hall–Kier alpha value is -2.62. The molecule has 102 valence electrons. The van der Waals surface area contributed by atoms with Crippen molar-refractivity contribution in [3.8, 4) is 5.75 Å². The van der Waals surface area contributed by atoms with Gasteiger partial charge in [0.15, 0.2) is 5.78 Å². The third-order valence-corrected chi connectivity index (χ3v) is 2.80. The number of nitrogen functional groups attached to an aromatic ring is 1. The monoisotopic (exact) mass is 269 g/mol. The molecule has 2 aromatic rings. The zero-order chi connectivity index (χ0) is 14.5. The highest BCUT2D eigenvalue weighted by Crippen LogP contribution is 2.17. The summed E-state index contributed by atoms with van der Waals surface area (Å²) in [5.74, 6) is -0.255. The van der Waals surface area contributed by atoms with Gasteiger partial charge in [-0.25, -0.2) is 0 Å². The molecule has 0 aliphatic heterocycles. The van der Waals surface area contributed by atoms with Crippen LogP contribution in [0.25, 0.3) is 0 Å². The first-order valence-electron chi connectivity index (χ1n) is 6.20. The van der Waals surface area contributed by atoms with Gasteiger partial charge >= 0.3 is 0 Å². The molecule has 0 heterocycles. The van der Waals surface area contributed by atoms with Crippen LogP contribution in [0, 0.1) is 0 Å². The van der Waals surface area contributed by atoms with E-state index in [9.17, 15) is 9.59 Å². The number of hydrogen-bond donors (Lipinski definition) is 1. The number of anilines is 1. The summed E-state index contributed by atoms with van der Waals surface area (Å²) in [5, 5.41) is 0. The number of ketones is 2. The number of Topliss-reactive ketones (excluding diaryl/α,β-unsaturated/α-hetero) is 2. The molecule has 0 fully saturated rings. The SMILES string of the molecule is CC(=O)C(Oc1ccc(N)cc1)C(=O)c1ccccc1. The van der Waals surface area contributed by atoms with Gasteiger partial charge in [0.05, 0.1) is 0 Å². The molecule has 4 nitrogen and oxygen atoms in total. The topological polar surface area (TPSA) is 69.4 Å². The molecule has 2 rings (SSSR count). The molecule has 0 aliphatic rings. The van der Waals surface area contributed by atoms with Crippen molar-refractivity contribution in [2.24, 2.45) is 0 Å². The molecule has 0 saturated carbocycles. The molecular weight excluding hydrogens is 254 g/mol. The highest BCUT2D eigenvalue weighted by atomic mass is 16.5. The second kappa shape index (κ2) is 6.02. The van der Waals surface area contributed by atoms with E-state index in [2.05, 4.69) is 0 Å². The summed E-state index contributed by atoms with van der Waals surface area (Å²) >= 11 is 0. The Kier molecular flexibility index (Phi) is 4.15. The van der Waals surface area contributed by atoms with Crippen LogP contribution in [0.1, 0.15) is 17.3 Å². The highest BCUT2D eigenvalue weighted by molar-refractivity contribution is 6.12. The van der Waals surface area contributed by atoms with Crippen molar-refractivity contribution >= 4 is 17.3 Å². The largest absolute Gasteiger partial charge is 0.474 e. The van der Waals surface area contributed by atoms with E-state index in [1.807, 2.05) is 0 Å². The summed E-state index contributed by atoms with van der Waals surface area (Å²) in [6, 6.07) is 15.2. The molecule has 0 radical (unpaired) electrons. The molecule has 0 saturated heterocycles. The first kappa shape index (κ1) is 13.8. The lowest BCUT2D eigenvalue weighted by Gasteiger charge is -2.15. The minimum atomic E-state index is -1.14. The van der Waals surface area contributed by atoms with E-state index in [1.165, 1.54) is 6.92 Å². The maximum Gasteiger partial charge on any atom is 0.218 e.